The van der Waals surface area contributed by atoms with E-state index in [1.807, 2.05) is 0 Å². The maximum absolute atomic E-state index is 11.1. The minimum absolute atomic E-state index is 0.260. The average Bonchev–Trinajstić information content (AvgIpc) is 2.14. The summed E-state index contributed by atoms with van der Waals surface area (Å²) >= 11 is 3.41. The largest absolute Gasteiger partial charge is 0.299 e. The zero-order valence-corrected chi connectivity index (χ0v) is 12.3. The molecule has 0 rings (SSSR count). The van der Waals surface area contributed by atoms with E-state index in [1.54, 1.807) is 0 Å². The Morgan fingerprint density at radius 1 is 1.20 bits per heavy atom. The molecule has 0 aliphatic carbocycles. The van der Waals surface area contributed by atoms with Crippen molar-refractivity contribution in [1.29, 1.82) is 0 Å². The van der Waals surface area contributed by atoms with Crippen LogP contribution in [0.25, 0.3) is 0 Å². The lowest BCUT2D eigenvalue weighted by Crippen LogP contribution is -2.39. The summed E-state index contributed by atoms with van der Waals surface area (Å²) in [4.78, 5) is 2.26. The predicted octanol–water partition coefficient (Wildman–Crippen LogP) is 1.92. The Hall–Kier alpha value is 0.390. The highest BCUT2D eigenvalue weighted by Crippen LogP contribution is 2.09. The van der Waals surface area contributed by atoms with E-state index >= 15 is 0 Å². The molecule has 0 aliphatic rings. The fraction of sp³-hybridized carbons (Fsp3) is 1.00. The number of hydrogen-bond donors (Lipinski definition) is 0. The van der Waals surface area contributed by atoms with Gasteiger partial charge in [-0.2, -0.15) is 0 Å². The quantitative estimate of drug-likeness (QED) is 0.643. The van der Waals surface area contributed by atoms with E-state index in [0.717, 1.165) is 24.7 Å². The molecule has 0 aliphatic heterocycles. The minimum Gasteiger partial charge on any atom is -0.299 e. The molecule has 0 unspecified atom stereocenters. The smallest absolute Gasteiger partial charge is 0.148 e. The molecule has 0 bridgehead atoms. The van der Waals surface area contributed by atoms with Gasteiger partial charge in [-0.05, 0) is 12.8 Å². The van der Waals surface area contributed by atoms with Gasteiger partial charge in [0.15, 0.2) is 0 Å². The summed E-state index contributed by atoms with van der Waals surface area (Å²) < 4.78 is 22.2. The van der Waals surface area contributed by atoms with Gasteiger partial charge >= 0.3 is 0 Å². The van der Waals surface area contributed by atoms with Gasteiger partial charge in [0.1, 0.15) is 9.84 Å². The molecule has 5 heteroatoms. The second-order valence-electron chi connectivity index (χ2n) is 3.83. The highest BCUT2D eigenvalue weighted by Gasteiger charge is 2.15. The van der Waals surface area contributed by atoms with Gasteiger partial charge in [-0.3, -0.25) is 4.90 Å². The Labute approximate surface area is 102 Å². The summed E-state index contributed by atoms with van der Waals surface area (Å²) in [5.41, 5.74) is 0. The van der Waals surface area contributed by atoms with Crippen LogP contribution in [0.5, 0.6) is 0 Å². The minimum atomic E-state index is -2.84. The highest BCUT2D eigenvalue weighted by atomic mass is 79.9. The third-order valence-electron chi connectivity index (χ3n) is 2.58. The SMILES string of the molecule is CCC(CC)N(CCBr)CCS(C)(=O)=O. The summed E-state index contributed by atoms with van der Waals surface area (Å²) in [6.07, 6.45) is 3.45. The Morgan fingerprint density at radius 2 is 1.73 bits per heavy atom. The highest BCUT2D eigenvalue weighted by molar-refractivity contribution is 9.09. The van der Waals surface area contributed by atoms with Crippen LogP contribution >= 0.6 is 15.9 Å². The van der Waals surface area contributed by atoms with E-state index in [2.05, 4.69) is 34.7 Å². The van der Waals surface area contributed by atoms with Crippen molar-refractivity contribution in [3.05, 3.63) is 0 Å². The molecular weight excluding hydrogens is 278 g/mol. The molecule has 0 aromatic carbocycles. The number of sulfone groups is 1. The first-order valence-electron chi connectivity index (χ1n) is 5.42. The van der Waals surface area contributed by atoms with Crippen LogP contribution in [-0.4, -0.2) is 49.8 Å². The summed E-state index contributed by atoms with van der Waals surface area (Å²) in [6, 6.07) is 0.504. The zero-order valence-electron chi connectivity index (χ0n) is 9.87. The van der Waals surface area contributed by atoms with Crippen molar-refractivity contribution in [2.75, 3.05) is 30.4 Å². The maximum atomic E-state index is 11.1. The normalized spacial score (nSPS) is 12.7. The second kappa shape index (κ2) is 7.63. The van der Waals surface area contributed by atoms with E-state index in [1.165, 1.54) is 6.26 Å². The monoisotopic (exact) mass is 299 g/mol. The van der Waals surface area contributed by atoms with E-state index in [4.69, 9.17) is 0 Å². The standard InChI is InChI=1S/C10H22BrNO2S/c1-4-10(5-2)12(7-6-11)8-9-15(3,13)14/h10H,4-9H2,1-3H3. The molecule has 92 valence electrons. The van der Waals surface area contributed by atoms with Gasteiger partial charge in [0, 0.05) is 30.7 Å². The van der Waals surface area contributed by atoms with Crippen LogP contribution in [0.15, 0.2) is 0 Å². The van der Waals surface area contributed by atoms with Gasteiger partial charge in [-0.15, -0.1) is 0 Å². The van der Waals surface area contributed by atoms with Crippen LogP contribution < -0.4 is 0 Å². The predicted molar refractivity (Wildman–Crippen MR) is 69.4 cm³/mol. The van der Waals surface area contributed by atoms with Crippen molar-refractivity contribution in [1.82, 2.24) is 4.90 Å². The molecule has 0 amide bonds. The maximum Gasteiger partial charge on any atom is 0.148 e. The third-order valence-corrected chi connectivity index (χ3v) is 3.86. The second-order valence-corrected chi connectivity index (χ2v) is 6.88. The van der Waals surface area contributed by atoms with Crippen LogP contribution in [0.3, 0.4) is 0 Å². The topological polar surface area (TPSA) is 37.4 Å². The van der Waals surface area contributed by atoms with Gasteiger partial charge in [-0.25, -0.2) is 8.42 Å². The molecule has 0 heterocycles. The Balaban J connectivity index is 4.26. The summed E-state index contributed by atoms with van der Waals surface area (Å²) in [6.45, 7) is 5.87. The number of alkyl halides is 1. The zero-order chi connectivity index (χ0) is 11.9. The molecule has 15 heavy (non-hydrogen) atoms. The molecule has 0 aromatic heterocycles. The molecule has 0 saturated carbocycles. The van der Waals surface area contributed by atoms with E-state index < -0.39 is 9.84 Å². The van der Waals surface area contributed by atoms with Crippen LogP contribution in [0.4, 0.5) is 0 Å². The Morgan fingerprint density at radius 3 is 2.07 bits per heavy atom. The van der Waals surface area contributed by atoms with Gasteiger partial charge < -0.3 is 0 Å². The van der Waals surface area contributed by atoms with Crippen molar-refractivity contribution in [2.24, 2.45) is 0 Å². The van der Waals surface area contributed by atoms with Crippen molar-refractivity contribution < 1.29 is 8.42 Å². The van der Waals surface area contributed by atoms with Crippen LogP contribution in [0, 0.1) is 0 Å². The molecule has 0 spiro atoms. The van der Waals surface area contributed by atoms with E-state index in [-0.39, 0.29) is 5.75 Å². The van der Waals surface area contributed by atoms with E-state index in [0.29, 0.717) is 12.6 Å². The Bertz CT molecular complexity index is 250. The first-order chi connectivity index (χ1) is 6.94. The molecule has 0 fully saturated rings. The lowest BCUT2D eigenvalue weighted by Gasteiger charge is -2.29. The van der Waals surface area contributed by atoms with Crippen molar-refractivity contribution in [3.8, 4) is 0 Å². The Kier molecular flexibility index (Phi) is 7.83. The van der Waals surface area contributed by atoms with Gasteiger partial charge in [-0.1, -0.05) is 29.8 Å². The first-order valence-corrected chi connectivity index (χ1v) is 8.60. The summed E-state index contributed by atoms with van der Waals surface area (Å²) in [5.74, 6) is 0.260. The molecule has 0 radical (unpaired) electrons. The average molecular weight is 300 g/mol. The molecule has 3 nitrogen and oxygen atoms in total. The summed E-state index contributed by atoms with van der Waals surface area (Å²) in [5, 5.41) is 0.896. The molecule has 0 atom stereocenters. The summed E-state index contributed by atoms with van der Waals surface area (Å²) in [7, 11) is -2.84. The number of halogens is 1. The molecule has 0 aromatic rings. The van der Waals surface area contributed by atoms with Crippen molar-refractivity contribution in [3.63, 3.8) is 0 Å². The van der Waals surface area contributed by atoms with Gasteiger partial charge in [0.2, 0.25) is 0 Å². The number of nitrogens with zero attached hydrogens (tertiary/aromatic N) is 1. The van der Waals surface area contributed by atoms with Crippen molar-refractivity contribution in [2.45, 2.75) is 32.7 Å². The van der Waals surface area contributed by atoms with E-state index in [9.17, 15) is 8.42 Å². The lowest BCUT2D eigenvalue weighted by molar-refractivity contribution is 0.209. The van der Waals surface area contributed by atoms with Crippen LogP contribution in [0.1, 0.15) is 26.7 Å². The lowest BCUT2D eigenvalue weighted by atomic mass is 10.1. The molecular formula is C10H22BrNO2S. The number of rotatable bonds is 8. The first kappa shape index (κ1) is 15.4. The van der Waals surface area contributed by atoms with Gasteiger partial charge in [0.05, 0.1) is 5.75 Å². The molecule has 0 saturated heterocycles. The van der Waals surface area contributed by atoms with Crippen molar-refractivity contribution >= 4 is 25.8 Å². The third kappa shape index (κ3) is 7.30. The van der Waals surface area contributed by atoms with Crippen LogP contribution in [0.2, 0.25) is 0 Å². The fourth-order valence-electron chi connectivity index (χ4n) is 1.67. The van der Waals surface area contributed by atoms with Gasteiger partial charge in [0.25, 0.3) is 0 Å². The van der Waals surface area contributed by atoms with Crippen LogP contribution in [-0.2, 0) is 9.84 Å². The number of hydrogen-bond acceptors (Lipinski definition) is 3. The molecule has 0 N–H and O–H groups in total. The fourth-order valence-corrected chi connectivity index (χ4v) is 2.70.